The number of carbonyl (C=O) groups is 1. The van der Waals surface area contributed by atoms with Crippen molar-refractivity contribution in [3.05, 3.63) is 100 Å². The highest BCUT2D eigenvalue weighted by Crippen LogP contribution is 2.34. The summed E-state index contributed by atoms with van der Waals surface area (Å²) in [5.41, 5.74) is 3.20. The van der Waals surface area contributed by atoms with Gasteiger partial charge in [-0.25, -0.2) is 0 Å². The Morgan fingerprint density at radius 3 is 2.33 bits per heavy atom. The van der Waals surface area contributed by atoms with Crippen LogP contribution in [-0.2, 0) is 19.6 Å². The van der Waals surface area contributed by atoms with E-state index in [4.69, 9.17) is 35.0 Å². The first-order valence-corrected chi connectivity index (χ1v) is 14.6. The summed E-state index contributed by atoms with van der Waals surface area (Å²) in [6, 6.07) is 23.3. The van der Waals surface area contributed by atoms with Crippen molar-refractivity contribution in [3.63, 3.8) is 0 Å². The summed E-state index contributed by atoms with van der Waals surface area (Å²) in [5.74, 6) is 3.80. The third kappa shape index (κ3) is 6.68. The quantitative estimate of drug-likeness (QED) is 0.224. The highest BCUT2D eigenvalue weighted by Gasteiger charge is 2.25. The van der Waals surface area contributed by atoms with Crippen LogP contribution < -0.4 is 23.8 Å². The Hall–Kier alpha value is -4.34. The van der Waals surface area contributed by atoms with E-state index in [1.807, 2.05) is 71.6 Å². The summed E-state index contributed by atoms with van der Waals surface area (Å²) in [5, 5.41) is 0.706. The van der Waals surface area contributed by atoms with Crippen LogP contribution in [0.5, 0.6) is 23.0 Å². The standard InChI is InChI=1S/C33H34ClN3O6/c1-39-28-9-6-23(16-31(28)40-2)19-35(20-24-7-10-29-32(17-24)42-22-41-29)21-27-8-11-30(43-27)33(38)37-14-12-36(13-15-37)26-5-3-4-25(34)18-26/h3-11,16-18H,12-15,19-22H2,1-2H3. The zero-order chi connectivity index (χ0) is 29.8. The molecule has 1 fully saturated rings. The topological polar surface area (TPSA) is 76.9 Å². The summed E-state index contributed by atoms with van der Waals surface area (Å²) < 4.78 is 28.2. The molecule has 0 aliphatic carbocycles. The van der Waals surface area contributed by atoms with Crippen molar-refractivity contribution in [1.29, 1.82) is 0 Å². The fourth-order valence-corrected chi connectivity index (χ4v) is 5.68. The van der Waals surface area contributed by atoms with E-state index in [0.29, 0.717) is 60.8 Å². The van der Waals surface area contributed by atoms with E-state index in [0.717, 1.165) is 41.4 Å². The van der Waals surface area contributed by atoms with Crippen LogP contribution in [0.2, 0.25) is 5.02 Å². The van der Waals surface area contributed by atoms with Gasteiger partial charge in [-0.1, -0.05) is 29.8 Å². The monoisotopic (exact) mass is 603 g/mol. The summed E-state index contributed by atoms with van der Waals surface area (Å²) in [4.78, 5) is 19.7. The number of halogens is 1. The fourth-order valence-electron chi connectivity index (χ4n) is 5.50. The number of nitrogens with zero attached hydrogens (tertiary/aromatic N) is 3. The van der Waals surface area contributed by atoms with Crippen molar-refractivity contribution in [2.24, 2.45) is 0 Å². The van der Waals surface area contributed by atoms with Crippen molar-refractivity contribution in [2.75, 3.05) is 52.1 Å². The number of fused-ring (bicyclic) bond motifs is 1. The third-order valence-electron chi connectivity index (χ3n) is 7.69. The number of amides is 1. The van der Waals surface area contributed by atoms with E-state index in [2.05, 4.69) is 9.80 Å². The van der Waals surface area contributed by atoms with Crippen molar-refractivity contribution >= 4 is 23.2 Å². The van der Waals surface area contributed by atoms with Crippen LogP contribution in [0, 0.1) is 0 Å². The van der Waals surface area contributed by atoms with Gasteiger partial charge >= 0.3 is 0 Å². The van der Waals surface area contributed by atoms with Gasteiger partial charge in [0.25, 0.3) is 5.91 Å². The number of carbonyl (C=O) groups excluding carboxylic acids is 1. The molecule has 3 aromatic carbocycles. The van der Waals surface area contributed by atoms with Gasteiger partial charge in [-0.05, 0) is 65.7 Å². The maximum absolute atomic E-state index is 13.3. The number of rotatable bonds is 10. The predicted molar refractivity (Wildman–Crippen MR) is 163 cm³/mol. The number of furan rings is 1. The highest BCUT2D eigenvalue weighted by atomic mass is 35.5. The molecule has 4 aromatic rings. The second kappa shape index (κ2) is 12.9. The van der Waals surface area contributed by atoms with Crippen molar-refractivity contribution < 1.29 is 28.2 Å². The number of anilines is 1. The molecule has 224 valence electrons. The minimum atomic E-state index is -0.0980. The molecule has 10 heteroatoms. The molecule has 2 aliphatic heterocycles. The maximum Gasteiger partial charge on any atom is 0.289 e. The van der Waals surface area contributed by atoms with Crippen LogP contribution in [0.1, 0.15) is 27.4 Å². The number of benzene rings is 3. The van der Waals surface area contributed by atoms with E-state index < -0.39 is 0 Å². The molecule has 43 heavy (non-hydrogen) atoms. The lowest BCUT2D eigenvalue weighted by atomic mass is 10.1. The molecule has 0 unspecified atom stereocenters. The molecular weight excluding hydrogens is 570 g/mol. The zero-order valence-electron chi connectivity index (χ0n) is 24.3. The molecule has 6 rings (SSSR count). The molecule has 0 radical (unpaired) electrons. The van der Waals surface area contributed by atoms with E-state index >= 15 is 0 Å². The average molecular weight is 604 g/mol. The van der Waals surface area contributed by atoms with E-state index in [9.17, 15) is 4.79 Å². The van der Waals surface area contributed by atoms with E-state index in [1.165, 1.54) is 0 Å². The Kier molecular flexibility index (Phi) is 8.62. The summed E-state index contributed by atoms with van der Waals surface area (Å²) >= 11 is 6.17. The Morgan fingerprint density at radius 1 is 0.814 bits per heavy atom. The fraction of sp³-hybridized carbons (Fsp3) is 0.303. The second-order valence-electron chi connectivity index (χ2n) is 10.5. The normalized spacial score (nSPS) is 14.3. The number of hydrogen-bond acceptors (Lipinski definition) is 8. The summed E-state index contributed by atoms with van der Waals surface area (Å²) in [7, 11) is 3.25. The van der Waals surface area contributed by atoms with Crippen LogP contribution in [0.4, 0.5) is 5.69 Å². The van der Waals surface area contributed by atoms with Crippen LogP contribution >= 0.6 is 11.6 Å². The summed E-state index contributed by atoms with van der Waals surface area (Å²) in [6.45, 7) is 4.65. The van der Waals surface area contributed by atoms with Gasteiger partial charge in [0.15, 0.2) is 28.8 Å². The molecule has 3 heterocycles. The molecule has 9 nitrogen and oxygen atoms in total. The molecule has 0 saturated carbocycles. The lowest BCUT2D eigenvalue weighted by Crippen LogP contribution is -2.48. The SMILES string of the molecule is COc1ccc(CN(Cc2ccc3c(c2)OCO3)Cc2ccc(C(=O)N3CCN(c4cccc(Cl)c4)CC3)o2)cc1OC. The van der Waals surface area contributed by atoms with Gasteiger partial charge in [0.05, 0.1) is 20.8 Å². The van der Waals surface area contributed by atoms with Gasteiger partial charge in [0.2, 0.25) is 6.79 Å². The molecular formula is C33H34ClN3O6. The van der Waals surface area contributed by atoms with Crippen LogP contribution in [0.3, 0.4) is 0 Å². The van der Waals surface area contributed by atoms with Crippen LogP contribution in [0.15, 0.2) is 77.2 Å². The molecule has 0 spiro atoms. The molecule has 0 N–H and O–H groups in total. The Balaban J connectivity index is 1.15. The van der Waals surface area contributed by atoms with Crippen molar-refractivity contribution in [3.8, 4) is 23.0 Å². The second-order valence-corrected chi connectivity index (χ2v) is 11.0. The lowest BCUT2D eigenvalue weighted by molar-refractivity contribution is 0.0710. The first-order chi connectivity index (χ1) is 21.0. The van der Waals surface area contributed by atoms with E-state index in [-0.39, 0.29) is 12.7 Å². The minimum Gasteiger partial charge on any atom is -0.493 e. The molecule has 0 atom stereocenters. The van der Waals surface area contributed by atoms with E-state index in [1.54, 1.807) is 20.3 Å². The predicted octanol–water partition coefficient (Wildman–Crippen LogP) is 5.84. The van der Waals surface area contributed by atoms with Crippen molar-refractivity contribution in [2.45, 2.75) is 19.6 Å². The Labute approximate surface area is 256 Å². The Morgan fingerprint density at radius 2 is 1.56 bits per heavy atom. The van der Waals surface area contributed by atoms with Crippen molar-refractivity contribution in [1.82, 2.24) is 9.80 Å². The zero-order valence-corrected chi connectivity index (χ0v) is 25.0. The minimum absolute atomic E-state index is 0.0980. The van der Waals surface area contributed by atoms with Gasteiger partial charge in [-0.2, -0.15) is 0 Å². The van der Waals surface area contributed by atoms with Gasteiger partial charge in [0, 0.05) is 50.0 Å². The number of hydrogen-bond donors (Lipinski definition) is 0. The van der Waals surface area contributed by atoms with Gasteiger partial charge in [-0.15, -0.1) is 0 Å². The lowest BCUT2D eigenvalue weighted by Gasteiger charge is -2.35. The first kappa shape index (κ1) is 28.8. The average Bonchev–Trinajstić information content (AvgIpc) is 3.70. The first-order valence-electron chi connectivity index (χ1n) is 14.2. The molecule has 1 amide bonds. The van der Waals surface area contributed by atoms with Gasteiger partial charge < -0.3 is 33.2 Å². The third-order valence-corrected chi connectivity index (χ3v) is 7.92. The van der Waals surface area contributed by atoms with Crippen LogP contribution in [-0.4, -0.2) is 62.9 Å². The molecule has 1 aromatic heterocycles. The van der Waals surface area contributed by atoms with Gasteiger partial charge in [0.1, 0.15) is 5.76 Å². The molecule has 2 aliphatic rings. The van der Waals surface area contributed by atoms with Crippen LogP contribution in [0.25, 0.3) is 0 Å². The maximum atomic E-state index is 13.3. The summed E-state index contributed by atoms with van der Waals surface area (Å²) in [6.07, 6.45) is 0. The van der Waals surface area contributed by atoms with Gasteiger partial charge in [-0.3, -0.25) is 9.69 Å². The largest absolute Gasteiger partial charge is 0.493 e. The molecule has 1 saturated heterocycles. The Bertz CT molecular complexity index is 1580. The number of piperazine rings is 1. The number of methoxy groups -OCH3 is 2. The number of ether oxygens (including phenoxy) is 4. The molecule has 0 bridgehead atoms. The highest BCUT2D eigenvalue weighted by molar-refractivity contribution is 6.30. The smallest absolute Gasteiger partial charge is 0.289 e.